The lowest BCUT2D eigenvalue weighted by Crippen LogP contribution is -2.56. The number of fused-ring (bicyclic) bond motifs is 1. The van der Waals surface area contributed by atoms with Crippen LogP contribution in [0.1, 0.15) is 44.6 Å². The van der Waals surface area contributed by atoms with Crippen molar-refractivity contribution in [2.24, 2.45) is 13.0 Å². The number of likely N-dealkylation sites (tertiary alicyclic amines) is 1. The Balaban J connectivity index is 1.51. The van der Waals surface area contributed by atoms with Gasteiger partial charge < -0.3 is 0 Å². The Morgan fingerprint density at radius 1 is 1.20 bits per heavy atom. The molecule has 0 bridgehead atoms. The Hall–Kier alpha value is -2.63. The summed E-state index contributed by atoms with van der Waals surface area (Å²) in [6, 6.07) is -0.203. The van der Waals surface area contributed by atoms with Gasteiger partial charge in [-0.1, -0.05) is 6.42 Å². The number of imide groups is 1. The number of rotatable bonds is 7. The van der Waals surface area contributed by atoms with E-state index in [2.05, 4.69) is 21.8 Å². The molecule has 2 fully saturated rings. The number of amides is 3. The molecule has 2 aliphatic carbocycles. The summed E-state index contributed by atoms with van der Waals surface area (Å²) >= 11 is 0. The third-order valence-electron chi connectivity index (χ3n) is 7.48. The number of carbonyl (C=O) groups excluding carboxylic acids is 2. The van der Waals surface area contributed by atoms with Crippen molar-refractivity contribution in [3.05, 3.63) is 41.1 Å². The van der Waals surface area contributed by atoms with Crippen molar-refractivity contribution in [3.63, 3.8) is 0 Å². The maximum absolute atomic E-state index is 13.6. The van der Waals surface area contributed by atoms with Gasteiger partial charge in [0, 0.05) is 30.4 Å². The van der Waals surface area contributed by atoms with E-state index in [4.69, 9.17) is 0 Å². The first-order valence-corrected chi connectivity index (χ1v) is 13.7. The molecule has 3 amide bonds. The molecule has 35 heavy (non-hydrogen) atoms. The number of likely N-dealkylation sites (N-methyl/N-ethyl adjacent to an activating group) is 1. The number of nitrogens with zero attached hydrogens (tertiary/aromatic N) is 5. The van der Waals surface area contributed by atoms with Gasteiger partial charge in [0.15, 0.2) is 0 Å². The number of aromatic nitrogens is 2. The molecule has 1 aromatic heterocycles. The molecule has 0 aromatic carbocycles. The van der Waals surface area contributed by atoms with Crippen LogP contribution < -0.4 is 4.72 Å². The Bertz CT molecular complexity index is 1260. The second kappa shape index (κ2) is 8.79. The monoisotopic (exact) mass is 501 g/mol. The van der Waals surface area contributed by atoms with Crippen molar-refractivity contribution in [1.82, 2.24) is 24.3 Å². The van der Waals surface area contributed by atoms with Crippen LogP contribution in [0.4, 0.5) is 4.79 Å². The van der Waals surface area contributed by atoms with Gasteiger partial charge in [-0.2, -0.15) is 19.4 Å². The van der Waals surface area contributed by atoms with Crippen LogP contribution in [0, 0.1) is 5.92 Å². The molecule has 1 aromatic rings. The number of urea groups is 1. The zero-order chi connectivity index (χ0) is 25.0. The number of aryl methyl sites for hydroxylation is 1. The van der Waals surface area contributed by atoms with Crippen LogP contribution in [0.3, 0.4) is 0 Å². The van der Waals surface area contributed by atoms with Crippen LogP contribution in [-0.2, 0) is 28.4 Å². The quantitative estimate of drug-likeness (QED) is 0.566. The first kappa shape index (κ1) is 24.1. The van der Waals surface area contributed by atoms with Crippen molar-refractivity contribution in [2.75, 3.05) is 20.1 Å². The number of sulfonamides is 1. The lowest BCUT2D eigenvalue weighted by atomic mass is 9.93. The molecular weight excluding hydrogens is 468 g/mol. The van der Waals surface area contributed by atoms with E-state index in [1.807, 2.05) is 6.92 Å². The predicted octanol–water partition coefficient (Wildman–Crippen LogP) is 1.36. The maximum atomic E-state index is 13.6. The smallest absolute Gasteiger partial charge is 0.300 e. The fourth-order valence-corrected chi connectivity index (χ4v) is 6.59. The summed E-state index contributed by atoms with van der Waals surface area (Å²) in [7, 11) is 0.0600. The van der Waals surface area contributed by atoms with Crippen LogP contribution >= 0.6 is 0 Å². The molecule has 2 unspecified atom stereocenters. The summed E-state index contributed by atoms with van der Waals surface area (Å²) in [5.41, 5.74) is 0.852. The highest BCUT2D eigenvalue weighted by molar-refractivity contribution is 7.93. The van der Waals surface area contributed by atoms with Crippen LogP contribution in [0.15, 0.2) is 35.5 Å². The Morgan fingerprint density at radius 2 is 1.97 bits per heavy atom. The minimum absolute atomic E-state index is 0.0677. The first-order valence-electron chi connectivity index (χ1n) is 12.2. The Kier molecular flexibility index (Phi) is 6.05. The molecular formula is C24H33N6O4S+. The van der Waals surface area contributed by atoms with E-state index in [0.29, 0.717) is 12.3 Å². The Labute approximate surface area is 206 Å². The zero-order valence-electron chi connectivity index (χ0n) is 20.5. The summed E-state index contributed by atoms with van der Waals surface area (Å²) < 4.78 is 32.1. The third-order valence-corrected chi connectivity index (χ3v) is 9.13. The second-order valence-electron chi connectivity index (χ2n) is 10.4. The van der Waals surface area contributed by atoms with Crippen LogP contribution in [0.2, 0.25) is 0 Å². The van der Waals surface area contributed by atoms with Gasteiger partial charge in [0.1, 0.15) is 24.7 Å². The number of nitrogens with one attached hydrogen (secondary N) is 1. The average molecular weight is 502 g/mol. The van der Waals surface area contributed by atoms with E-state index in [0.717, 1.165) is 44.2 Å². The Morgan fingerprint density at radius 3 is 2.63 bits per heavy atom. The second-order valence-corrected chi connectivity index (χ2v) is 12.1. The summed E-state index contributed by atoms with van der Waals surface area (Å²) in [6.07, 6.45) is 12.8. The highest BCUT2D eigenvalue weighted by Gasteiger charge is 2.49. The topological polar surface area (TPSA) is 108 Å². The van der Waals surface area contributed by atoms with Gasteiger partial charge in [-0.3, -0.25) is 9.58 Å². The minimum Gasteiger partial charge on any atom is -0.300 e. The number of hydrogen-bond acceptors (Lipinski definition) is 6. The molecule has 2 aliphatic heterocycles. The SMILES string of the molecule is CN1CCCCC1C[N+]1=C2C=CC(S(=O)(=O)NC3(C)CC3)=CC2C(=O)N(Cc2cnn(C)c2)C1=O. The van der Waals surface area contributed by atoms with E-state index in [1.54, 1.807) is 34.8 Å². The normalized spacial score (nSPS) is 26.7. The fourth-order valence-electron chi connectivity index (χ4n) is 5.05. The molecule has 2 atom stereocenters. The van der Waals surface area contributed by atoms with Crippen LogP contribution in [0.5, 0.6) is 0 Å². The van der Waals surface area contributed by atoms with Gasteiger partial charge in [0.25, 0.3) is 0 Å². The van der Waals surface area contributed by atoms with Crippen molar-refractivity contribution in [2.45, 2.75) is 57.2 Å². The van der Waals surface area contributed by atoms with Gasteiger partial charge in [-0.05, 0) is 64.4 Å². The largest absolute Gasteiger partial charge is 0.501 e. The highest BCUT2D eigenvalue weighted by Crippen LogP contribution is 2.36. The van der Waals surface area contributed by atoms with Crippen molar-refractivity contribution < 1.29 is 22.6 Å². The van der Waals surface area contributed by atoms with Crippen LogP contribution in [0.25, 0.3) is 0 Å². The maximum Gasteiger partial charge on any atom is 0.501 e. The number of carbonyl (C=O) groups is 2. The van der Waals surface area contributed by atoms with Crippen molar-refractivity contribution in [3.8, 4) is 0 Å². The molecule has 4 aliphatic rings. The third kappa shape index (κ3) is 4.76. The molecule has 1 saturated carbocycles. The molecule has 11 heteroatoms. The number of piperidine rings is 1. The predicted molar refractivity (Wildman–Crippen MR) is 130 cm³/mol. The fraction of sp³-hybridized carbons (Fsp3) is 0.583. The summed E-state index contributed by atoms with van der Waals surface area (Å²) in [5.74, 6) is -1.27. The molecule has 1 N–H and O–H groups in total. The standard InChI is InChI=1S/C24H33N6O4S/c1-24(9-10-24)26-35(33,34)19-7-8-21-20(12-19)22(31)30(15-17-13-25-28(3)14-17)23(32)29(21)16-18-6-4-5-11-27(18)2/h7-8,12-14,18,20,26H,4-6,9-11,15-16H2,1-3H3/q+1. The van der Waals surface area contributed by atoms with Gasteiger partial charge in [0.2, 0.25) is 10.0 Å². The van der Waals surface area contributed by atoms with Gasteiger partial charge in [-0.25, -0.2) is 17.9 Å². The molecule has 3 heterocycles. The minimum atomic E-state index is -3.78. The van der Waals surface area contributed by atoms with Crippen molar-refractivity contribution in [1.29, 1.82) is 0 Å². The zero-order valence-corrected chi connectivity index (χ0v) is 21.3. The van der Waals surface area contributed by atoms with Crippen LogP contribution in [-0.4, -0.2) is 81.9 Å². The summed E-state index contributed by atoms with van der Waals surface area (Å²) in [6.45, 7) is 3.38. The lowest BCUT2D eigenvalue weighted by molar-refractivity contribution is -0.448. The van der Waals surface area contributed by atoms with Gasteiger partial charge >= 0.3 is 11.9 Å². The van der Waals surface area contributed by atoms with E-state index in [1.165, 1.54) is 17.1 Å². The first-order chi connectivity index (χ1) is 16.6. The number of hydrogen-bond donors (Lipinski definition) is 1. The summed E-state index contributed by atoms with van der Waals surface area (Å²) in [5, 5.41) is 4.15. The van der Waals surface area contributed by atoms with Crippen molar-refractivity contribution >= 4 is 27.7 Å². The van der Waals surface area contributed by atoms with E-state index >= 15 is 0 Å². The molecule has 5 rings (SSSR count). The van der Waals surface area contributed by atoms with E-state index in [-0.39, 0.29) is 23.5 Å². The highest BCUT2D eigenvalue weighted by atomic mass is 32.2. The van der Waals surface area contributed by atoms with Gasteiger partial charge in [-0.15, -0.1) is 0 Å². The molecule has 10 nitrogen and oxygen atoms in total. The van der Waals surface area contributed by atoms with E-state index < -0.39 is 27.4 Å². The van der Waals surface area contributed by atoms with E-state index in [9.17, 15) is 18.0 Å². The average Bonchev–Trinajstić information content (AvgIpc) is 3.38. The molecule has 0 radical (unpaired) electrons. The molecule has 1 saturated heterocycles. The summed E-state index contributed by atoms with van der Waals surface area (Å²) in [4.78, 5) is 30.8. The van der Waals surface area contributed by atoms with Gasteiger partial charge in [0.05, 0.1) is 11.1 Å². The number of allylic oxidation sites excluding steroid dienone is 2. The molecule has 0 spiro atoms. The molecule has 188 valence electrons. The lowest BCUT2D eigenvalue weighted by Gasteiger charge is -2.34.